The molecule has 2 rings (SSSR count). The van der Waals surface area contributed by atoms with Crippen molar-refractivity contribution < 1.29 is 9.72 Å². The molecule has 1 aromatic rings. The third-order valence-electron chi connectivity index (χ3n) is 3.63. The van der Waals surface area contributed by atoms with E-state index >= 15 is 0 Å². The second-order valence-electron chi connectivity index (χ2n) is 5.00. The summed E-state index contributed by atoms with van der Waals surface area (Å²) in [4.78, 5) is 23.7. The van der Waals surface area contributed by atoms with Crippen LogP contribution in [0.4, 0.5) is 17.1 Å². The van der Waals surface area contributed by atoms with Crippen LogP contribution in [0.1, 0.15) is 25.7 Å². The molecule has 0 heterocycles. The predicted molar refractivity (Wildman–Crippen MR) is 76.3 cm³/mol. The van der Waals surface area contributed by atoms with Crippen molar-refractivity contribution in [3.8, 4) is 0 Å². The number of nitrogens with zero attached hydrogens (tertiary/aromatic N) is 2. The van der Waals surface area contributed by atoms with Crippen molar-refractivity contribution in [3.05, 3.63) is 28.3 Å². The highest BCUT2D eigenvalue weighted by Gasteiger charge is 2.30. The topological polar surface area (TPSA) is 115 Å². The van der Waals surface area contributed by atoms with Crippen molar-refractivity contribution in [2.75, 3.05) is 17.2 Å². The number of para-hydroxylation sites is 1. The molecule has 0 spiro atoms. The molecule has 1 aliphatic rings. The first-order chi connectivity index (χ1) is 9.50. The lowest BCUT2D eigenvalue weighted by molar-refractivity contribution is -0.383. The van der Waals surface area contributed by atoms with Gasteiger partial charge in [0.1, 0.15) is 11.4 Å². The van der Waals surface area contributed by atoms with Gasteiger partial charge in [-0.15, -0.1) is 0 Å². The summed E-state index contributed by atoms with van der Waals surface area (Å²) in [6.45, 7) is -0.0328. The fourth-order valence-electron chi connectivity index (χ4n) is 2.77. The molecular weight excluding hydrogens is 260 g/mol. The molecule has 1 saturated carbocycles. The number of hydrogen-bond acceptors (Lipinski definition) is 5. The van der Waals surface area contributed by atoms with E-state index in [4.69, 9.17) is 11.5 Å². The number of hydrogen-bond donors (Lipinski definition) is 2. The van der Waals surface area contributed by atoms with E-state index in [1.54, 1.807) is 17.0 Å². The number of primary amides is 1. The first-order valence-corrected chi connectivity index (χ1v) is 6.58. The van der Waals surface area contributed by atoms with E-state index in [2.05, 4.69) is 0 Å². The summed E-state index contributed by atoms with van der Waals surface area (Å²) in [6.07, 6.45) is 3.91. The molecule has 0 bridgehead atoms. The SMILES string of the molecule is NC(=O)CN(c1cccc(N)c1[N+](=O)[O-])C1CCCC1. The minimum Gasteiger partial charge on any atom is -0.393 e. The summed E-state index contributed by atoms with van der Waals surface area (Å²) in [6, 6.07) is 4.86. The highest BCUT2D eigenvalue weighted by molar-refractivity contribution is 5.83. The van der Waals surface area contributed by atoms with Gasteiger partial charge in [0.25, 0.3) is 0 Å². The molecule has 0 aliphatic heterocycles. The maximum atomic E-state index is 11.3. The smallest absolute Gasteiger partial charge is 0.315 e. The molecule has 1 aliphatic carbocycles. The molecule has 0 saturated heterocycles. The number of rotatable bonds is 5. The Labute approximate surface area is 116 Å². The molecular formula is C13H18N4O3. The third-order valence-corrected chi connectivity index (χ3v) is 3.63. The van der Waals surface area contributed by atoms with E-state index in [-0.39, 0.29) is 24.0 Å². The van der Waals surface area contributed by atoms with Crippen LogP contribution >= 0.6 is 0 Å². The van der Waals surface area contributed by atoms with Crippen LogP contribution in [0.5, 0.6) is 0 Å². The van der Waals surface area contributed by atoms with Gasteiger partial charge in [0.2, 0.25) is 5.91 Å². The largest absolute Gasteiger partial charge is 0.393 e. The Balaban J connectivity index is 2.44. The molecule has 0 unspecified atom stereocenters. The Kier molecular flexibility index (Phi) is 4.07. The van der Waals surface area contributed by atoms with Gasteiger partial charge in [-0.25, -0.2) is 0 Å². The quantitative estimate of drug-likeness (QED) is 0.480. The van der Waals surface area contributed by atoms with Gasteiger partial charge in [0.15, 0.2) is 0 Å². The number of carbonyl (C=O) groups excluding carboxylic acids is 1. The van der Waals surface area contributed by atoms with E-state index in [0.717, 1.165) is 25.7 Å². The van der Waals surface area contributed by atoms with Gasteiger partial charge in [0.05, 0.1) is 11.5 Å². The van der Waals surface area contributed by atoms with Gasteiger partial charge in [-0.2, -0.15) is 0 Å². The number of nitro groups is 1. The Morgan fingerprint density at radius 3 is 2.60 bits per heavy atom. The van der Waals surface area contributed by atoms with Crippen LogP contribution in [-0.4, -0.2) is 23.4 Å². The van der Waals surface area contributed by atoms with Gasteiger partial charge in [-0.05, 0) is 25.0 Å². The van der Waals surface area contributed by atoms with Crippen molar-refractivity contribution in [1.29, 1.82) is 0 Å². The Hall–Kier alpha value is -2.31. The monoisotopic (exact) mass is 278 g/mol. The summed E-state index contributed by atoms with van der Waals surface area (Å²) in [5.41, 5.74) is 11.3. The normalized spacial score (nSPS) is 15.2. The molecule has 20 heavy (non-hydrogen) atoms. The molecule has 1 aromatic carbocycles. The van der Waals surface area contributed by atoms with Crippen molar-refractivity contribution in [3.63, 3.8) is 0 Å². The van der Waals surface area contributed by atoms with E-state index < -0.39 is 10.8 Å². The first-order valence-electron chi connectivity index (χ1n) is 6.58. The van der Waals surface area contributed by atoms with Crippen LogP contribution in [0.25, 0.3) is 0 Å². The predicted octanol–water partition coefficient (Wildman–Crippen LogP) is 1.41. The number of benzene rings is 1. The lowest BCUT2D eigenvalue weighted by Gasteiger charge is -2.29. The maximum Gasteiger partial charge on any atom is 0.315 e. The molecule has 108 valence electrons. The van der Waals surface area contributed by atoms with E-state index in [1.165, 1.54) is 6.07 Å². The number of nitrogens with two attached hydrogens (primary N) is 2. The van der Waals surface area contributed by atoms with Gasteiger partial charge < -0.3 is 16.4 Å². The van der Waals surface area contributed by atoms with Gasteiger partial charge in [0, 0.05) is 6.04 Å². The maximum absolute atomic E-state index is 11.3. The van der Waals surface area contributed by atoms with Crippen LogP contribution in [0, 0.1) is 10.1 Å². The van der Waals surface area contributed by atoms with Crippen molar-refractivity contribution in [2.24, 2.45) is 5.73 Å². The Morgan fingerprint density at radius 1 is 1.40 bits per heavy atom. The number of carbonyl (C=O) groups is 1. The molecule has 0 atom stereocenters. The number of amides is 1. The molecule has 7 nitrogen and oxygen atoms in total. The van der Waals surface area contributed by atoms with E-state index in [9.17, 15) is 14.9 Å². The van der Waals surface area contributed by atoms with E-state index in [1.807, 2.05) is 0 Å². The molecule has 4 N–H and O–H groups in total. The molecule has 0 radical (unpaired) electrons. The lowest BCUT2D eigenvalue weighted by Crippen LogP contribution is -2.40. The fourth-order valence-corrected chi connectivity index (χ4v) is 2.77. The molecule has 7 heteroatoms. The molecule has 1 fully saturated rings. The van der Waals surface area contributed by atoms with E-state index in [0.29, 0.717) is 5.69 Å². The molecule has 0 aromatic heterocycles. The average Bonchev–Trinajstić information content (AvgIpc) is 2.88. The zero-order chi connectivity index (χ0) is 14.7. The van der Waals surface area contributed by atoms with Crippen LogP contribution in [0.15, 0.2) is 18.2 Å². The highest BCUT2D eigenvalue weighted by atomic mass is 16.6. The second-order valence-corrected chi connectivity index (χ2v) is 5.00. The zero-order valence-corrected chi connectivity index (χ0v) is 11.1. The summed E-state index contributed by atoms with van der Waals surface area (Å²) in [7, 11) is 0. The van der Waals surface area contributed by atoms with Gasteiger partial charge in [-0.1, -0.05) is 18.9 Å². The average molecular weight is 278 g/mol. The van der Waals surface area contributed by atoms with Gasteiger partial charge in [-0.3, -0.25) is 14.9 Å². The van der Waals surface area contributed by atoms with Crippen molar-refractivity contribution in [2.45, 2.75) is 31.7 Å². The summed E-state index contributed by atoms with van der Waals surface area (Å²) in [5.74, 6) is -0.506. The van der Waals surface area contributed by atoms with Crippen molar-refractivity contribution >= 4 is 23.0 Å². The van der Waals surface area contributed by atoms with Crippen LogP contribution in [0.3, 0.4) is 0 Å². The number of nitro benzene ring substituents is 1. The summed E-state index contributed by atoms with van der Waals surface area (Å²) < 4.78 is 0. The minimum atomic E-state index is -0.506. The Morgan fingerprint density at radius 2 is 2.05 bits per heavy atom. The lowest BCUT2D eigenvalue weighted by atomic mass is 10.1. The van der Waals surface area contributed by atoms with Crippen LogP contribution < -0.4 is 16.4 Å². The highest BCUT2D eigenvalue weighted by Crippen LogP contribution is 2.37. The zero-order valence-electron chi connectivity index (χ0n) is 11.1. The molecule has 1 amide bonds. The second kappa shape index (κ2) is 5.77. The standard InChI is InChI=1S/C13H18N4O3/c14-10-6-3-7-11(13(10)17(19)20)16(8-12(15)18)9-4-1-2-5-9/h3,6-7,9H,1-2,4-5,8,14H2,(H2,15,18). The van der Waals surface area contributed by atoms with Crippen LogP contribution in [-0.2, 0) is 4.79 Å². The Bertz CT molecular complexity index is 526. The van der Waals surface area contributed by atoms with Crippen molar-refractivity contribution in [1.82, 2.24) is 0 Å². The van der Waals surface area contributed by atoms with Gasteiger partial charge >= 0.3 is 5.69 Å². The number of nitrogen functional groups attached to an aromatic ring is 1. The van der Waals surface area contributed by atoms with Crippen LogP contribution in [0.2, 0.25) is 0 Å². The third kappa shape index (κ3) is 2.81. The summed E-state index contributed by atoms with van der Waals surface area (Å²) in [5, 5.41) is 11.2. The minimum absolute atomic E-state index is 0.0328. The first kappa shape index (κ1) is 14.1. The number of anilines is 2. The summed E-state index contributed by atoms with van der Waals surface area (Å²) >= 11 is 0. The fraction of sp³-hybridized carbons (Fsp3) is 0.462.